The molecule has 0 aromatic carbocycles. The van der Waals surface area contributed by atoms with Gasteiger partial charge in [0.2, 0.25) is 0 Å². The minimum Gasteiger partial charge on any atom is -0.481 e. The molecule has 26 heavy (non-hydrogen) atoms. The maximum atomic E-state index is 10.1. The molecule has 12 nitrogen and oxygen atoms in total. The molecule has 0 spiro atoms. The Bertz CT molecular complexity index is 503. The highest BCUT2D eigenvalue weighted by molar-refractivity contribution is 9.10. The van der Waals surface area contributed by atoms with Gasteiger partial charge in [-0.25, -0.2) is 0 Å². The number of halogens is 1. The number of hydrogen-bond donors (Lipinski definition) is 6. The first-order chi connectivity index (χ1) is 11.7. The van der Waals surface area contributed by atoms with Crippen LogP contribution in [-0.2, 0) is 28.8 Å². The summed E-state index contributed by atoms with van der Waals surface area (Å²) in [5.74, 6) is -7.36. The molecule has 2 atom stereocenters. The van der Waals surface area contributed by atoms with Crippen molar-refractivity contribution in [1.82, 2.24) is 0 Å². The monoisotopic (exact) mass is 446 g/mol. The molecule has 0 fully saturated rings. The number of rotatable bonds is 9. The lowest BCUT2D eigenvalue weighted by Crippen LogP contribution is -2.16. The molecule has 0 aliphatic carbocycles. The Morgan fingerprint density at radius 3 is 1.31 bits per heavy atom. The van der Waals surface area contributed by atoms with E-state index in [0.717, 1.165) is 0 Å². The van der Waals surface area contributed by atoms with E-state index in [9.17, 15) is 28.8 Å². The summed E-state index contributed by atoms with van der Waals surface area (Å²) in [5, 5.41) is 48.0. The number of carbonyl (C=O) groups is 6. The zero-order valence-electron chi connectivity index (χ0n) is 13.5. The smallest absolute Gasteiger partial charge is 0.317 e. The Kier molecular flexibility index (Phi) is 17.1. The lowest BCUT2D eigenvalue weighted by atomic mass is 10.1. The van der Waals surface area contributed by atoms with Crippen molar-refractivity contribution in [1.29, 1.82) is 0 Å². The van der Waals surface area contributed by atoms with E-state index in [1.165, 1.54) is 6.92 Å². The third-order valence-corrected chi connectivity index (χ3v) is 2.85. The van der Waals surface area contributed by atoms with E-state index < -0.39 is 59.4 Å². The van der Waals surface area contributed by atoms with Gasteiger partial charge in [0.1, 0.15) is 11.2 Å². The molecule has 0 rings (SSSR count). The van der Waals surface area contributed by atoms with E-state index >= 15 is 0 Å². The Morgan fingerprint density at radius 1 is 0.731 bits per heavy atom. The second-order valence-corrected chi connectivity index (χ2v) is 5.64. The molecule has 0 aromatic heterocycles. The van der Waals surface area contributed by atoms with Gasteiger partial charge in [0.05, 0.1) is 12.3 Å². The van der Waals surface area contributed by atoms with Crippen molar-refractivity contribution in [2.75, 3.05) is 0 Å². The fourth-order valence-corrected chi connectivity index (χ4v) is 1.11. The van der Waals surface area contributed by atoms with Gasteiger partial charge < -0.3 is 30.6 Å². The Balaban J connectivity index is -0.000000310. The minimum absolute atomic E-state index is 0.0759. The lowest BCUT2D eigenvalue weighted by molar-refractivity contribution is -0.147. The number of carboxylic acid groups (broad SMARTS) is 6. The van der Waals surface area contributed by atoms with E-state index in [4.69, 9.17) is 30.6 Å². The third kappa shape index (κ3) is 26.2. The van der Waals surface area contributed by atoms with E-state index in [2.05, 4.69) is 15.9 Å². The molecule has 0 aliphatic heterocycles. The Morgan fingerprint density at radius 2 is 1.15 bits per heavy atom. The van der Waals surface area contributed by atoms with Gasteiger partial charge in [0.25, 0.3) is 0 Å². The van der Waals surface area contributed by atoms with Crippen molar-refractivity contribution in [2.45, 2.75) is 37.4 Å². The summed E-state index contributed by atoms with van der Waals surface area (Å²) in [4.78, 5) is 57.7. The van der Waals surface area contributed by atoms with Crippen LogP contribution in [0.3, 0.4) is 0 Å². The third-order valence-electron chi connectivity index (χ3n) is 2.14. The van der Waals surface area contributed by atoms with Gasteiger partial charge in [-0.2, -0.15) is 0 Å². The van der Waals surface area contributed by atoms with Crippen molar-refractivity contribution in [3.05, 3.63) is 0 Å². The van der Waals surface area contributed by atoms with Crippen LogP contribution in [0.2, 0.25) is 0 Å². The molecule has 0 aromatic rings. The van der Waals surface area contributed by atoms with Crippen LogP contribution < -0.4 is 0 Å². The number of carboxylic acids is 6. The molecule has 0 heterocycles. The summed E-state index contributed by atoms with van der Waals surface area (Å²) in [5.41, 5.74) is 0. The summed E-state index contributed by atoms with van der Waals surface area (Å²) in [6.07, 6.45) is -1.08. The van der Waals surface area contributed by atoms with Crippen molar-refractivity contribution < 1.29 is 59.4 Å². The first kappa shape index (κ1) is 28.1. The van der Waals surface area contributed by atoms with E-state index in [1.54, 1.807) is 0 Å². The largest absolute Gasteiger partial charge is 0.481 e. The highest BCUT2D eigenvalue weighted by Gasteiger charge is 2.16. The highest BCUT2D eigenvalue weighted by atomic mass is 79.9. The second-order valence-electron chi connectivity index (χ2n) is 4.54. The maximum absolute atomic E-state index is 10.1. The Labute approximate surface area is 155 Å². The first-order valence-corrected chi connectivity index (χ1v) is 7.59. The molecule has 13 heteroatoms. The topological polar surface area (TPSA) is 224 Å². The molecular weight excluding hydrogens is 428 g/mol. The van der Waals surface area contributed by atoms with Crippen LogP contribution in [0.4, 0.5) is 0 Å². The van der Waals surface area contributed by atoms with E-state index in [0.29, 0.717) is 0 Å². The van der Waals surface area contributed by atoms with Crippen LogP contribution in [0.15, 0.2) is 0 Å². The van der Waals surface area contributed by atoms with Crippen LogP contribution in [0, 0.1) is 5.92 Å². The zero-order valence-corrected chi connectivity index (χ0v) is 15.1. The van der Waals surface area contributed by atoms with Gasteiger partial charge in [-0.15, -0.1) is 0 Å². The average molecular weight is 447 g/mol. The molecule has 0 aliphatic rings. The number of aliphatic carboxylic acids is 6. The SMILES string of the molecule is CC(CCC(=O)O)C(=O)O.O=C(O)CC(=O)O.O=C(O)CC(Br)C(=O)O. The van der Waals surface area contributed by atoms with Crippen molar-refractivity contribution in [3.8, 4) is 0 Å². The summed E-state index contributed by atoms with van der Waals surface area (Å²) in [6.45, 7) is 1.49. The van der Waals surface area contributed by atoms with Crippen molar-refractivity contribution in [2.24, 2.45) is 5.92 Å². The number of alkyl halides is 1. The van der Waals surface area contributed by atoms with Gasteiger partial charge in [0.15, 0.2) is 0 Å². The Hall–Kier alpha value is -2.70. The van der Waals surface area contributed by atoms with Crippen LogP contribution in [-0.4, -0.2) is 71.3 Å². The summed E-state index contributed by atoms with van der Waals surface area (Å²) in [7, 11) is 0. The van der Waals surface area contributed by atoms with Gasteiger partial charge >= 0.3 is 35.8 Å². The highest BCUT2D eigenvalue weighted by Crippen LogP contribution is 2.04. The van der Waals surface area contributed by atoms with Gasteiger partial charge in [0, 0.05) is 6.42 Å². The maximum Gasteiger partial charge on any atom is 0.317 e. The molecule has 2 unspecified atom stereocenters. The van der Waals surface area contributed by atoms with Crippen molar-refractivity contribution in [3.63, 3.8) is 0 Å². The molecule has 0 bridgehead atoms. The average Bonchev–Trinajstić information content (AvgIpc) is 2.43. The van der Waals surface area contributed by atoms with Crippen LogP contribution in [0.1, 0.15) is 32.6 Å². The first-order valence-electron chi connectivity index (χ1n) is 6.67. The van der Waals surface area contributed by atoms with Crippen molar-refractivity contribution >= 4 is 51.7 Å². The minimum atomic E-state index is -1.31. The van der Waals surface area contributed by atoms with E-state index in [-0.39, 0.29) is 12.8 Å². The fraction of sp³-hybridized carbons (Fsp3) is 0.538. The van der Waals surface area contributed by atoms with Crippen LogP contribution in [0.5, 0.6) is 0 Å². The van der Waals surface area contributed by atoms with Crippen LogP contribution in [0.25, 0.3) is 0 Å². The fourth-order valence-electron chi connectivity index (χ4n) is 0.833. The second kappa shape index (κ2) is 15.8. The summed E-state index contributed by atoms with van der Waals surface area (Å²) < 4.78 is 0. The predicted octanol–water partition coefficient (Wildman–Crippen LogP) is 0.427. The summed E-state index contributed by atoms with van der Waals surface area (Å²) >= 11 is 2.66. The van der Waals surface area contributed by atoms with Crippen LogP contribution >= 0.6 is 15.9 Å². The molecule has 0 radical (unpaired) electrons. The lowest BCUT2D eigenvalue weighted by Gasteiger charge is -2.01. The van der Waals surface area contributed by atoms with E-state index in [1.807, 2.05) is 0 Å². The zero-order chi connectivity index (χ0) is 21.4. The quantitative estimate of drug-likeness (QED) is 0.209. The standard InChI is InChI=1S/C6H10O4.C4H5BrO4.C3H4O4/c1-4(6(9)10)2-3-5(7)8;5-2(4(8)9)1-3(6)7;4-2(5)1-3(6)7/h4H,2-3H2,1H3,(H,7,8)(H,9,10);2H,1H2,(H,6,7)(H,8,9);1H2,(H,4,5)(H,6,7). The number of hydrogen-bond acceptors (Lipinski definition) is 6. The molecule has 0 saturated carbocycles. The van der Waals surface area contributed by atoms with Gasteiger partial charge in [-0.3, -0.25) is 28.8 Å². The van der Waals surface area contributed by atoms with Gasteiger partial charge in [-0.1, -0.05) is 22.9 Å². The molecular formula is C13H19BrO12. The van der Waals surface area contributed by atoms with Gasteiger partial charge in [-0.05, 0) is 6.42 Å². The molecule has 0 amide bonds. The molecule has 0 saturated heterocycles. The predicted molar refractivity (Wildman–Crippen MR) is 86.2 cm³/mol. The molecule has 6 N–H and O–H groups in total. The molecule has 150 valence electrons. The summed E-state index contributed by atoms with van der Waals surface area (Å²) in [6, 6.07) is 0. The normalized spacial score (nSPS) is 11.3.